The summed E-state index contributed by atoms with van der Waals surface area (Å²) in [5.41, 5.74) is 0.469. The van der Waals surface area contributed by atoms with Crippen LogP contribution in [0.2, 0.25) is 0 Å². The molecule has 5 atom stereocenters. The molecular formula is C21H31N3O2. The Balaban J connectivity index is 1.65. The molecule has 1 N–H and O–H groups in total. The predicted octanol–water partition coefficient (Wildman–Crippen LogP) is 3.26. The highest BCUT2D eigenvalue weighted by Crippen LogP contribution is 2.51. The van der Waals surface area contributed by atoms with Gasteiger partial charge in [0.15, 0.2) is 0 Å². The molecule has 0 radical (unpaired) electrons. The van der Waals surface area contributed by atoms with Crippen molar-refractivity contribution in [1.82, 2.24) is 15.2 Å². The van der Waals surface area contributed by atoms with E-state index in [9.17, 15) is 9.59 Å². The van der Waals surface area contributed by atoms with Gasteiger partial charge in [0.1, 0.15) is 5.69 Å². The van der Waals surface area contributed by atoms with Crippen LogP contribution in [-0.2, 0) is 4.79 Å². The molecule has 2 aliphatic rings. The van der Waals surface area contributed by atoms with Crippen LogP contribution in [-0.4, -0.2) is 40.3 Å². The molecule has 2 bridgehead atoms. The third-order valence-corrected chi connectivity index (χ3v) is 6.47. The molecule has 3 rings (SSSR count). The average molecular weight is 357 g/mol. The van der Waals surface area contributed by atoms with Crippen molar-refractivity contribution < 1.29 is 9.59 Å². The molecule has 0 aromatic carbocycles. The molecule has 5 nitrogen and oxygen atoms in total. The molecule has 0 spiro atoms. The van der Waals surface area contributed by atoms with E-state index in [2.05, 4.69) is 24.1 Å². The van der Waals surface area contributed by atoms with Gasteiger partial charge in [-0.1, -0.05) is 13.0 Å². The van der Waals surface area contributed by atoms with Crippen LogP contribution >= 0.6 is 0 Å². The molecule has 5 unspecified atom stereocenters. The summed E-state index contributed by atoms with van der Waals surface area (Å²) >= 11 is 0. The maximum atomic E-state index is 12.6. The number of hydrogen-bond donors (Lipinski definition) is 1. The molecule has 26 heavy (non-hydrogen) atoms. The first-order chi connectivity index (χ1) is 12.3. The maximum absolute atomic E-state index is 12.6. The molecule has 5 heteroatoms. The van der Waals surface area contributed by atoms with Crippen molar-refractivity contribution in [2.45, 2.75) is 64.5 Å². The number of rotatable bonds is 5. The lowest BCUT2D eigenvalue weighted by molar-refractivity contribution is -0.121. The summed E-state index contributed by atoms with van der Waals surface area (Å²) < 4.78 is 0. The van der Waals surface area contributed by atoms with Gasteiger partial charge in [-0.2, -0.15) is 0 Å². The van der Waals surface area contributed by atoms with E-state index in [0.29, 0.717) is 23.4 Å². The highest BCUT2D eigenvalue weighted by atomic mass is 16.2. The van der Waals surface area contributed by atoms with Gasteiger partial charge in [0, 0.05) is 31.7 Å². The van der Waals surface area contributed by atoms with E-state index in [0.717, 1.165) is 25.7 Å². The van der Waals surface area contributed by atoms with Gasteiger partial charge >= 0.3 is 0 Å². The maximum Gasteiger partial charge on any atom is 0.272 e. The minimum Gasteiger partial charge on any atom is -0.351 e. The molecule has 1 aromatic rings. The minimum atomic E-state index is -0.0261. The quantitative estimate of drug-likeness (QED) is 0.880. The number of carbonyl (C=O) groups is 2. The predicted molar refractivity (Wildman–Crippen MR) is 102 cm³/mol. The zero-order valence-corrected chi connectivity index (χ0v) is 16.4. The van der Waals surface area contributed by atoms with Crippen LogP contribution in [0.3, 0.4) is 0 Å². The van der Waals surface area contributed by atoms with Gasteiger partial charge in [0.2, 0.25) is 5.91 Å². The zero-order chi connectivity index (χ0) is 18.9. The van der Waals surface area contributed by atoms with Gasteiger partial charge < -0.3 is 10.2 Å². The summed E-state index contributed by atoms with van der Waals surface area (Å²) in [6.45, 7) is 6.06. The van der Waals surface area contributed by atoms with Gasteiger partial charge in [0.25, 0.3) is 5.91 Å². The van der Waals surface area contributed by atoms with Crippen molar-refractivity contribution in [1.29, 1.82) is 0 Å². The Labute approximate surface area is 156 Å². The van der Waals surface area contributed by atoms with Crippen molar-refractivity contribution in [3.05, 3.63) is 30.1 Å². The van der Waals surface area contributed by atoms with Crippen LogP contribution in [0.5, 0.6) is 0 Å². The molecular weight excluding hydrogens is 326 g/mol. The van der Waals surface area contributed by atoms with Gasteiger partial charge in [-0.25, -0.2) is 0 Å². The molecule has 2 amide bonds. The van der Waals surface area contributed by atoms with Gasteiger partial charge in [0.05, 0.1) is 0 Å². The van der Waals surface area contributed by atoms with E-state index in [1.807, 2.05) is 24.1 Å². The Kier molecular flexibility index (Phi) is 5.35. The second-order valence-corrected chi connectivity index (χ2v) is 8.63. The normalized spacial score (nSPS) is 31.3. The minimum absolute atomic E-state index is 0.0257. The number of hydrogen-bond acceptors (Lipinski definition) is 3. The summed E-state index contributed by atoms with van der Waals surface area (Å²) in [7, 11) is 1.87. The molecule has 2 saturated carbocycles. The van der Waals surface area contributed by atoms with Crippen LogP contribution in [0.15, 0.2) is 24.4 Å². The van der Waals surface area contributed by atoms with Crippen molar-refractivity contribution in [2.24, 2.45) is 17.8 Å². The van der Waals surface area contributed by atoms with Crippen LogP contribution in [0.25, 0.3) is 0 Å². The summed E-state index contributed by atoms with van der Waals surface area (Å²) in [5, 5.41) is 3.27. The van der Waals surface area contributed by atoms with E-state index < -0.39 is 0 Å². The number of pyridine rings is 1. The fraction of sp³-hybridized carbons (Fsp3) is 0.667. The number of nitrogens with one attached hydrogen (secondary N) is 1. The highest BCUT2D eigenvalue weighted by Gasteiger charge is 2.49. The second-order valence-electron chi connectivity index (χ2n) is 8.63. The number of aromatic nitrogens is 1. The van der Waals surface area contributed by atoms with Gasteiger partial charge in [-0.3, -0.25) is 14.6 Å². The standard InChI is InChI=1S/C21H31N3O2/c1-14-11-21(23-16(3)25)12-17(10-18(14)13-21)9-15(2)24(4)20(26)19-7-5-6-8-22-19/h5-8,14-15,17-18H,9-13H2,1-4H3,(H,23,25). The lowest BCUT2D eigenvalue weighted by Crippen LogP contribution is -2.49. The molecule has 1 aromatic heterocycles. The van der Waals surface area contributed by atoms with E-state index in [-0.39, 0.29) is 23.4 Å². The zero-order valence-electron chi connectivity index (χ0n) is 16.4. The number of carbonyl (C=O) groups excluding carboxylic acids is 2. The lowest BCUT2D eigenvalue weighted by atomic mass is 9.73. The molecule has 2 fully saturated rings. The van der Waals surface area contributed by atoms with Crippen LogP contribution < -0.4 is 5.32 Å². The fourth-order valence-electron chi connectivity index (χ4n) is 5.33. The number of fused-ring (bicyclic) bond motifs is 2. The Hall–Kier alpha value is -1.91. The Morgan fingerprint density at radius 2 is 2.12 bits per heavy atom. The highest BCUT2D eigenvalue weighted by molar-refractivity contribution is 5.92. The Bertz CT molecular complexity index is 658. The van der Waals surface area contributed by atoms with Crippen molar-refractivity contribution in [3.63, 3.8) is 0 Å². The van der Waals surface area contributed by atoms with E-state index >= 15 is 0 Å². The molecule has 0 saturated heterocycles. The van der Waals surface area contributed by atoms with Crippen LogP contribution in [0, 0.1) is 17.8 Å². The molecule has 1 heterocycles. The van der Waals surface area contributed by atoms with Gasteiger partial charge in [-0.15, -0.1) is 0 Å². The molecule has 142 valence electrons. The average Bonchev–Trinajstić information content (AvgIpc) is 2.81. The topological polar surface area (TPSA) is 62.3 Å². The van der Waals surface area contributed by atoms with Crippen LogP contribution in [0.1, 0.15) is 63.4 Å². The summed E-state index contributed by atoms with van der Waals surface area (Å²) in [4.78, 5) is 30.3. The Morgan fingerprint density at radius 1 is 1.35 bits per heavy atom. The SMILES string of the molecule is CC(=O)NC12CC(CC(C)N(C)C(=O)c3ccccn3)CC(C1)C(C)C2. The van der Waals surface area contributed by atoms with Crippen molar-refractivity contribution in [2.75, 3.05) is 7.05 Å². The smallest absolute Gasteiger partial charge is 0.272 e. The summed E-state index contributed by atoms with van der Waals surface area (Å²) in [5.74, 6) is 1.94. The van der Waals surface area contributed by atoms with E-state index in [4.69, 9.17) is 0 Å². The lowest BCUT2D eigenvalue weighted by Gasteiger charge is -2.40. The molecule has 0 aliphatic heterocycles. The fourth-order valence-corrected chi connectivity index (χ4v) is 5.33. The molecule has 2 aliphatic carbocycles. The number of amides is 2. The Morgan fingerprint density at radius 3 is 2.77 bits per heavy atom. The van der Waals surface area contributed by atoms with Gasteiger partial charge in [-0.05, 0) is 68.9 Å². The third kappa shape index (κ3) is 3.92. The second kappa shape index (κ2) is 7.37. The number of nitrogens with zero attached hydrogens (tertiary/aromatic N) is 2. The first kappa shape index (κ1) is 18.9. The first-order valence-corrected chi connectivity index (χ1v) is 9.76. The van der Waals surface area contributed by atoms with Crippen molar-refractivity contribution >= 4 is 11.8 Å². The monoisotopic (exact) mass is 357 g/mol. The van der Waals surface area contributed by atoms with E-state index in [1.165, 1.54) is 6.42 Å². The first-order valence-electron chi connectivity index (χ1n) is 9.76. The van der Waals surface area contributed by atoms with Crippen molar-refractivity contribution in [3.8, 4) is 0 Å². The largest absolute Gasteiger partial charge is 0.351 e. The summed E-state index contributed by atoms with van der Waals surface area (Å²) in [6.07, 6.45) is 7.07. The third-order valence-electron chi connectivity index (χ3n) is 6.47. The summed E-state index contributed by atoms with van der Waals surface area (Å²) in [6, 6.07) is 5.58. The van der Waals surface area contributed by atoms with E-state index in [1.54, 1.807) is 19.2 Å². The van der Waals surface area contributed by atoms with Crippen LogP contribution in [0.4, 0.5) is 0 Å².